The maximum Gasteiger partial charge on any atom is 0.242 e. The van der Waals surface area contributed by atoms with Gasteiger partial charge in [-0.25, -0.2) is 12.7 Å². The van der Waals surface area contributed by atoms with Crippen molar-refractivity contribution in [3.05, 3.63) is 59.2 Å². The van der Waals surface area contributed by atoms with Gasteiger partial charge in [0.05, 0.1) is 11.3 Å². The van der Waals surface area contributed by atoms with Crippen LogP contribution in [-0.2, 0) is 21.2 Å². The van der Waals surface area contributed by atoms with Crippen molar-refractivity contribution in [1.82, 2.24) is 4.31 Å². The molecule has 128 valence electrons. The summed E-state index contributed by atoms with van der Waals surface area (Å²) in [7, 11) is -0.474. The lowest BCUT2D eigenvalue weighted by molar-refractivity contribution is -0.115. The fourth-order valence-corrected chi connectivity index (χ4v) is 3.27. The number of nitrogens with one attached hydrogen (secondary N) is 1. The molecule has 6 heteroatoms. The van der Waals surface area contributed by atoms with Gasteiger partial charge in [-0.15, -0.1) is 0 Å². The summed E-state index contributed by atoms with van der Waals surface area (Å²) in [6, 6.07) is 12.2. The Morgan fingerprint density at radius 1 is 1.00 bits per heavy atom. The predicted molar refractivity (Wildman–Crippen MR) is 95.6 cm³/mol. The lowest BCUT2D eigenvalue weighted by Gasteiger charge is -2.13. The van der Waals surface area contributed by atoms with Crippen molar-refractivity contribution in [2.75, 3.05) is 19.4 Å². The van der Waals surface area contributed by atoms with Crippen molar-refractivity contribution >= 4 is 21.6 Å². The zero-order valence-corrected chi connectivity index (χ0v) is 15.1. The van der Waals surface area contributed by atoms with Crippen LogP contribution in [0.3, 0.4) is 0 Å². The first-order valence-electron chi connectivity index (χ1n) is 7.59. The Labute approximate surface area is 143 Å². The molecule has 0 fully saturated rings. The van der Waals surface area contributed by atoms with E-state index >= 15 is 0 Å². The molecule has 2 aromatic carbocycles. The molecule has 0 bridgehead atoms. The number of anilines is 1. The summed E-state index contributed by atoms with van der Waals surface area (Å²) in [6.45, 7) is 3.90. The summed E-state index contributed by atoms with van der Waals surface area (Å²) >= 11 is 0. The van der Waals surface area contributed by atoms with Crippen molar-refractivity contribution in [1.29, 1.82) is 0 Å². The van der Waals surface area contributed by atoms with Crippen LogP contribution in [0.1, 0.15) is 16.7 Å². The highest BCUT2D eigenvalue weighted by Gasteiger charge is 2.17. The van der Waals surface area contributed by atoms with Gasteiger partial charge in [-0.3, -0.25) is 4.79 Å². The minimum Gasteiger partial charge on any atom is -0.325 e. The highest BCUT2D eigenvalue weighted by atomic mass is 32.2. The van der Waals surface area contributed by atoms with Gasteiger partial charge in [0, 0.05) is 19.8 Å². The highest BCUT2D eigenvalue weighted by molar-refractivity contribution is 7.89. The van der Waals surface area contributed by atoms with Crippen molar-refractivity contribution in [2.45, 2.75) is 25.2 Å². The Bertz CT molecular complexity index is 821. The number of hydrogen-bond acceptors (Lipinski definition) is 3. The number of aryl methyl sites for hydroxylation is 2. The average Bonchev–Trinajstić information content (AvgIpc) is 2.51. The molecule has 0 spiro atoms. The number of carbonyl (C=O) groups excluding carboxylic acids is 1. The number of benzene rings is 2. The van der Waals surface area contributed by atoms with Crippen LogP contribution in [0, 0.1) is 13.8 Å². The van der Waals surface area contributed by atoms with E-state index in [1.807, 2.05) is 32.0 Å². The molecule has 0 saturated heterocycles. The Morgan fingerprint density at radius 3 is 2.04 bits per heavy atom. The molecule has 0 radical (unpaired) electrons. The van der Waals surface area contributed by atoms with Gasteiger partial charge in [0.25, 0.3) is 0 Å². The fourth-order valence-electron chi connectivity index (χ4n) is 2.37. The third kappa shape index (κ3) is 4.01. The van der Waals surface area contributed by atoms with E-state index < -0.39 is 10.0 Å². The smallest absolute Gasteiger partial charge is 0.242 e. The number of hydrogen-bond donors (Lipinski definition) is 1. The van der Waals surface area contributed by atoms with Gasteiger partial charge >= 0.3 is 0 Å². The van der Waals surface area contributed by atoms with Gasteiger partial charge in [-0.1, -0.05) is 30.3 Å². The van der Waals surface area contributed by atoms with E-state index in [1.165, 1.54) is 26.2 Å². The number of rotatable bonds is 5. The topological polar surface area (TPSA) is 66.5 Å². The summed E-state index contributed by atoms with van der Waals surface area (Å²) in [4.78, 5) is 12.5. The second-order valence-electron chi connectivity index (χ2n) is 5.92. The lowest BCUT2D eigenvalue weighted by atomic mass is 10.1. The SMILES string of the molecule is Cc1cccc(C)c1NC(=O)Cc1ccc(S(=O)(=O)N(C)C)cc1. The first-order chi connectivity index (χ1) is 11.2. The average molecular weight is 346 g/mol. The van der Waals surface area contributed by atoms with Crippen LogP contribution in [0.4, 0.5) is 5.69 Å². The zero-order valence-electron chi connectivity index (χ0n) is 14.3. The molecule has 0 atom stereocenters. The first-order valence-corrected chi connectivity index (χ1v) is 9.03. The molecule has 0 aliphatic heterocycles. The van der Waals surface area contributed by atoms with Gasteiger partial charge < -0.3 is 5.32 Å². The second kappa shape index (κ2) is 7.15. The van der Waals surface area contributed by atoms with Crippen LogP contribution in [0.2, 0.25) is 0 Å². The molecule has 0 unspecified atom stereocenters. The number of para-hydroxylation sites is 1. The molecule has 1 N–H and O–H groups in total. The number of amides is 1. The highest BCUT2D eigenvalue weighted by Crippen LogP contribution is 2.20. The Morgan fingerprint density at radius 2 is 1.54 bits per heavy atom. The molecule has 2 aromatic rings. The fraction of sp³-hybridized carbons (Fsp3) is 0.278. The van der Waals surface area contributed by atoms with Gasteiger partial charge in [-0.05, 0) is 42.7 Å². The minimum atomic E-state index is -3.45. The normalized spacial score (nSPS) is 11.5. The standard InChI is InChI=1S/C18H22N2O3S/c1-13-6-5-7-14(2)18(13)19-17(21)12-15-8-10-16(11-9-15)24(22,23)20(3)4/h5-11H,12H2,1-4H3,(H,19,21). The number of sulfonamides is 1. The van der Waals surface area contributed by atoms with Gasteiger partial charge in [0.15, 0.2) is 0 Å². The van der Waals surface area contributed by atoms with Gasteiger partial charge in [0.2, 0.25) is 15.9 Å². The predicted octanol–water partition coefficient (Wildman–Crippen LogP) is 2.73. The summed E-state index contributed by atoms with van der Waals surface area (Å²) in [5, 5.41) is 2.92. The molecule has 1 amide bonds. The van der Waals surface area contributed by atoms with E-state index in [9.17, 15) is 13.2 Å². The monoisotopic (exact) mass is 346 g/mol. The van der Waals surface area contributed by atoms with E-state index in [2.05, 4.69) is 5.32 Å². The Balaban J connectivity index is 2.10. The zero-order chi connectivity index (χ0) is 17.9. The third-order valence-electron chi connectivity index (χ3n) is 3.81. The van der Waals surface area contributed by atoms with Gasteiger partial charge in [-0.2, -0.15) is 0 Å². The molecule has 5 nitrogen and oxygen atoms in total. The molecule has 0 aliphatic carbocycles. The van der Waals surface area contributed by atoms with Crippen LogP contribution < -0.4 is 5.32 Å². The molecule has 0 aromatic heterocycles. The van der Waals surface area contributed by atoms with Crippen molar-refractivity contribution in [3.8, 4) is 0 Å². The van der Waals surface area contributed by atoms with E-state index in [0.717, 1.165) is 26.7 Å². The molecular weight excluding hydrogens is 324 g/mol. The third-order valence-corrected chi connectivity index (χ3v) is 5.64. The first kappa shape index (κ1) is 18.2. The minimum absolute atomic E-state index is 0.129. The van der Waals surface area contributed by atoms with Crippen LogP contribution in [0.5, 0.6) is 0 Å². The molecule has 0 heterocycles. The maximum atomic E-state index is 12.2. The number of nitrogens with zero attached hydrogens (tertiary/aromatic N) is 1. The van der Waals surface area contributed by atoms with Crippen molar-refractivity contribution < 1.29 is 13.2 Å². The summed E-state index contributed by atoms with van der Waals surface area (Å²) in [6.07, 6.45) is 0.191. The molecule has 2 rings (SSSR count). The molecule has 24 heavy (non-hydrogen) atoms. The molecular formula is C18H22N2O3S. The quantitative estimate of drug-likeness (QED) is 0.905. The second-order valence-corrected chi connectivity index (χ2v) is 8.07. The lowest BCUT2D eigenvalue weighted by Crippen LogP contribution is -2.22. The molecule has 0 saturated carbocycles. The largest absolute Gasteiger partial charge is 0.325 e. The van der Waals surface area contributed by atoms with Gasteiger partial charge in [0.1, 0.15) is 0 Å². The van der Waals surface area contributed by atoms with Crippen molar-refractivity contribution in [2.24, 2.45) is 0 Å². The van der Waals surface area contributed by atoms with Crippen LogP contribution in [0.15, 0.2) is 47.4 Å². The molecule has 0 aliphatic rings. The number of carbonyl (C=O) groups is 1. The van der Waals surface area contributed by atoms with E-state index in [4.69, 9.17) is 0 Å². The Hall–Kier alpha value is -2.18. The Kier molecular flexibility index (Phi) is 5.41. The van der Waals surface area contributed by atoms with E-state index in [1.54, 1.807) is 12.1 Å². The van der Waals surface area contributed by atoms with Crippen LogP contribution >= 0.6 is 0 Å². The summed E-state index contributed by atoms with van der Waals surface area (Å²) in [5.74, 6) is -0.129. The van der Waals surface area contributed by atoms with Crippen LogP contribution in [0.25, 0.3) is 0 Å². The summed E-state index contributed by atoms with van der Waals surface area (Å²) in [5.41, 5.74) is 3.61. The maximum absolute atomic E-state index is 12.2. The summed E-state index contributed by atoms with van der Waals surface area (Å²) < 4.78 is 25.2. The van der Waals surface area contributed by atoms with E-state index in [-0.39, 0.29) is 17.2 Å². The van der Waals surface area contributed by atoms with E-state index in [0.29, 0.717) is 0 Å². The van der Waals surface area contributed by atoms with Crippen molar-refractivity contribution in [3.63, 3.8) is 0 Å². The van der Waals surface area contributed by atoms with Crippen LogP contribution in [-0.4, -0.2) is 32.7 Å².